The molecule has 0 bridgehead atoms. The first-order chi connectivity index (χ1) is 23.9. The molecule has 3 heterocycles. The zero-order valence-corrected chi connectivity index (χ0v) is 27.8. The van der Waals surface area contributed by atoms with Crippen LogP contribution in [0.15, 0.2) is 113 Å². The number of carbonyl (C=O) groups excluding carboxylic acids is 2. The topological polar surface area (TPSA) is 153 Å². The number of aromatic nitrogens is 1. The van der Waals surface area contributed by atoms with Gasteiger partial charge in [-0.3, -0.25) is 14.5 Å². The van der Waals surface area contributed by atoms with Gasteiger partial charge in [-0.2, -0.15) is 0 Å². The maximum Gasteiger partial charge on any atom is 0.352 e. The highest BCUT2D eigenvalue weighted by molar-refractivity contribution is 8.00. The smallest absolute Gasteiger partial charge is 0.352 e. The molecule has 0 unspecified atom stereocenters. The highest BCUT2D eigenvalue weighted by Crippen LogP contribution is 2.42. The standard InChI is InChI=1S/C36H33N5O6S2/c42-18-23-20-48-33-29(32(44)41(33)30(23)34(45)46)38-31(43)28(40-47-19-22-16-17-22)27-21-49-35(37-27)39-36(24-10-4-1-5-11-24,25-12-6-2-7-13-25)26-14-8-3-9-15-26/h1-15,21-22,29,33,42H,16-20H2,(H,37,39)(H,38,43)(H,45,46)/b40-28-/t29-,33-/m1/s1. The van der Waals surface area contributed by atoms with Crippen molar-refractivity contribution in [3.63, 3.8) is 0 Å². The minimum atomic E-state index is -1.30. The van der Waals surface area contributed by atoms with Gasteiger partial charge < -0.3 is 25.7 Å². The number of hydrogen-bond acceptors (Lipinski definition) is 10. The van der Waals surface area contributed by atoms with Crippen LogP contribution in [0.5, 0.6) is 0 Å². The highest BCUT2D eigenvalue weighted by atomic mass is 32.2. The summed E-state index contributed by atoms with van der Waals surface area (Å²) in [4.78, 5) is 50.5. The number of aliphatic hydroxyl groups is 1. The molecule has 1 aliphatic carbocycles. The minimum absolute atomic E-state index is 0.0909. The molecule has 0 spiro atoms. The monoisotopic (exact) mass is 695 g/mol. The Kier molecular flexibility index (Phi) is 9.21. The van der Waals surface area contributed by atoms with Crippen LogP contribution in [0.25, 0.3) is 0 Å². The van der Waals surface area contributed by atoms with Crippen LogP contribution in [0, 0.1) is 5.92 Å². The molecule has 11 nitrogen and oxygen atoms in total. The number of fused-ring (bicyclic) bond motifs is 1. The number of carboxylic acids is 1. The maximum absolute atomic E-state index is 13.8. The van der Waals surface area contributed by atoms with Gasteiger partial charge in [-0.25, -0.2) is 9.78 Å². The van der Waals surface area contributed by atoms with Crippen molar-refractivity contribution in [2.24, 2.45) is 11.1 Å². The van der Waals surface area contributed by atoms with Gasteiger partial charge in [0, 0.05) is 11.1 Å². The molecular weight excluding hydrogens is 663 g/mol. The van der Waals surface area contributed by atoms with Crippen molar-refractivity contribution >= 4 is 51.7 Å². The zero-order chi connectivity index (χ0) is 34.0. The number of β-lactam (4-membered cyclic amide) rings is 1. The molecule has 2 fully saturated rings. The van der Waals surface area contributed by atoms with Crippen molar-refractivity contribution < 1.29 is 29.4 Å². The fourth-order valence-electron chi connectivity index (χ4n) is 6.09. The van der Waals surface area contributed by atoms with Crippen LogP contribution in [0.1, 0.15) is 35.2 Å². The normalized spacial score (nSPS) is 19.2. The van der Waals surface area contributed by atoms with Gasteiger partial charge in [0.1, 0.15) is 35.0 Å². The number of thiazole rings is 1. The Morgan fingerprint density at radius 2 is 1.55 bits per heavy atom. The lowest BCUT2D eigenvalue weighted by Gasteiger charge is -2.49. The molecule has 4 aromatic rings. The van der Waals surface area contributed by atoms with Gasteiger partial charge in [-0.05, 0) is 41.0 Å². The number of nitrogens with one attached hydrogen (secondary N) is 2. The molecule has 4 N–H and O–H groups in total. The summed E-state index contributed by atoms with van der Waals surface area (Å²) in [5, 5.41) is 31.7. The molecule has 1 saturated heterocycles. The van der Waals surface area contributed by atoms with E-state index in [2.05, 4.69) is 52.2 Å². The second-order valence-corrected chi connectivity index (χ2v) is 13.9. The van der Waals surface area contributed by atoms with E-state index in [4.69, 9.17) is 9.82 Å². The van der Waals surface area contributed by atoms with Crippen molar-refractivity contribution in [1.82, 2.24) is 15.2 Å². The van der Waals surface area contributed by atoms with E-state index in [1.807, 2.05) is 54.6 Å². The SMILES string of the molecule is O=C(O)C1=C(CO)CS[C@@H]2[C@H](NC(=O)/C(=N\OCC3CC3)c3csc(NC(c4ccccc4)(c4ccccc4)c4ccccc4)n3)C(=O)N12. The number of amides is 2. The maximum atomic E-state index is 13.8. The Morgan fingerprint density at radius 1 is 0.959 bits per heavy atom. The molecule has 13 heteroatoms. The first-order valence-corrected chi connectivity index (χ1v) is 17.8. The lowest BCUT2D eigenvalue weighted by Crippen LogP contribution is -2.71. The van der Waals surface area contributed by atoms with E-state index < -0.39 is 41.3 Å². The summed E-state index contributed by atoms with van der Waals surface area (Å²) in [6.07, 6.45) is 2.06. The van der Waals surface area contributed by atoms with Crippen molar-refractivity contribution in [2.75, 3.05) is 24.3 Å². The summed E-state index contributed by atoms with van der Waals surface area (Å²) in [5.74, 6) is -1.95. The summed E-state index contributed by atoms with van der Waals surface area (Å²) < 4.78 is 0. The number of aliphatic carboxylic acids is 1. The van der Waals surface area contributed by atoms with Crippen molar-refractivity contribution in [3.8, 4) is 0 Å². The predicted molar refractivity (Wildman–Crippen MR) is 187 cm³/mol. The molecule has 3 aliphatic rings. The van der Waals surface area contributed by atoms with Gasteiger partial charge in [0.05, 0.1) is 6.61 Å². The van der Waals surface area contributed by atoms with Crippen molar-refractivity contribution in [2.45, 2.75) is 29.8 Å². The van der Waals surface area contributed by atoms with E-state index in [1.54, 1.807) is 5.38 Å². The molecule has 1 saturated carbocycles. The Balaban J connectivity index is 1.20. The summed E-state index contributed by atoms with van der Waals surface area (Å²) in [6, 6.07) is 29.2. The summed E-state index contributed by atoms with van der Waals surface area (Å²) in [6.45, 7) is -0.117. The van der Waals surface area contributed by atoms with Crippen LogP contribution in [-0.4, -0.2) is 74.0 Å². The second kappa shape index (κ2) is 13.9. The molecule has 2 atom stereocenters. The molecule has 2 amide bonds. The van der Waals surface area contributed by atoms with E-state index in [0.717, 1.165) is 34.4 Å². The van der Waals surface area contributed by atoms with E-state index in [9.17, 15) is 24.6 Å². The average Bonchev–Trinajstić information content (AvgIpc) is 3.86. The van der Waals surface area contributed by atoms with Crippen LogP contribution in [0.2, 0.25) is 0 Å². The molecule has 250 valence electrons. The van der Waals surface area contributed by atoms with Gasteiger partial charge in [-0.15, -0.1) is 23.1 Å². The number of rotatable bonds is 13. The zero-order valence-electron chi connectivity index (χ0n) is 26.2. The third-order valence-electron chi connectivity index (χ3n) is 8.77. The lowest BCUT2D eigenvalue weighted by molar-refractivity contribution is -0.150. The van der Waals surface area contributed by atoms with Gasteiger partial charge >= 0.3 is 5.97 Å². The van der Waals surface area contributed by atoms with Crippen LogP contribution >= 0.6 is 23.1 Å². The number of oxime groups is 1. The number of thioether (sulfide) groups is 1. The van der Waals surface area contributed by atoms with Gasteiger partial charge in [0.25, 0.3) is 11.8 Å². The number of carbonyl (C=O) groups is 3. The van der Waals surface area contributed by atoms with Crippen LogP contribution in [0.3, 0.4) is 0 Å². The Labute approximate surface area is 290 Å². The average molecular weight is 696 g/mol. The van der Waals surface area contributed by atoms with Crippen molar-refractivity contribution in [3.05, 3.63) is 130 Å². The van der Waals surface area contributed by atoms with E-state index in [1.165, 1.54) is 23.1 Å². The summed E-state index contributed by atoms with van der Waals surface area (Å²) in [5.41, 5.74) is 2.30. The highest BCUT2D eigenvalue weighted by Gasteiger charge is 2.54. The number of anilines is 1. The van der Waals surface area contributed by atoms with E-state index in [0.29, 0.717) is 17.7 Å². The Hall–Kier alpha value is -4.98. The van der Waals surface area contributed by atoms with E-state index in [-0.39, 0.29) is 28.4 Å². The van der Waals surface area contributed by atoms with Gasteiger partial charge in [-0.1, -0.05) is 96.2 Å². The Bertz CT molecular complexity index is 1820. The fourth-order valence-corrected chi connectivity index (χ4v) is 8.18. The van der Waals surface area contributed by atoms with Crippen LogP contribution < -0.4 is 10.6 Å². The molecule has 7 rings (SSSR count). The number of benzene rings is 3. The second-order valence-electron chi connectivity index (χ2n) is 12.0. The third-order valence-corrected chi connectivity index (χ3v) is 10.9. The third kappa shape index (κ3) is 6.32. The van der Waals surface area contributed by atoms with E-state index >= 15 is 0 Å². The first-order valence-electron chi connectivity index (χ1n) is 15.8. The molecule has 1 aromatic heterocycles. The fraction of sp³-hybridized carbons (Fsp3) is 0.250. The predicted octanol–water partition coefficient (Wildman–Crippen LogP) is 4.41. The summed E-state index contributed by atoms with van der Waals surface area (Å²) in [7, 11) is 0. The lowest BCUT2D eigenvalue weighted by atomic mass is 9.77. The first kappa shape index (κ1) is 32.6. The van der Waals surface area contributed by atoms with Gasteiger partial charge in [0.15, 0.2) is 10.8 Å². The van der Waals surface area contributed by atoms with Crippen molar-refractivity contribution in [1.29, 1.82) is 0 Å². The molecule has 0 radical (unpaired) electrons. The summed E-state index contributed by atoms with van der Waals surface area (Å²) >= 11 is 2.59. The number of hydrogen-bond donors (Lipinski definition) is 4. The molecular formula is C36H33N5O6S2. The molecule has 3 aromatic carbocycles. The molecule has 2 aliphatic heterocycles. The number of carboxylic acid groups (broad SMARTS) is 1. The number of aliphatic hydroxyl groups excluding tert-OH is 1. The Morgan fingerprint density at radius 3 is 2.08 bits per heavy atom. The quantitative estimate of drug-likeness (QED) is 0.0690. The largest absolute Gasteiger partial charge is 0.477 e. The van der Waals surface area contributed by atoms with Crippen LogP contribution in [0.4, 0.5) is 5.13 Å². The number of nitrogens with zero attached hydrogens (tertiary/aromatic N) is 3. The van der Waals surface area contributed by atoms with Crippen LogP contribution in [-0.2, 0) is 24.8 Å². The minimum Gasteiger partial charge on any atom is -0.477 e. The molecule has 49 heavy (non-hydrogen) atoms. The van der Waals surface area contributed by atoms with Gasteiger partial charge in [0.2, 0.25) is 0 Å².